The number of piperidine rings is 1. The van der Waals surface area contributed by atoms with Crippen LogP contribution in [0.3, 0.4) is 0 Å². The number of nitrogens with one attached hydrogen (secondary N) is 1. The van der Waals surface area contributed by atoms with Crippen LogP contribution in [-0.2, 0) is 16.1 Å². The smallest absolute Gasteiger partial charge is 0.225 e. The predicted molar refractivity (Wildman–Crippen MR) is 108 cm³/mol. The fourth-order valence-electron chi connectivity index (χ4n) is 3.58. The minimum Gasteiger partial charge on any atom is -0.355 e. The Morgan fingerprint density at radius 2 is 1.70 bits per heavy atom. The summed E-state index contributed by atoms with van der Waals surface area (Å²) in [6.07, 6.45) is 0.941. The van der Waals surface area contributed by atoms with Crippen molar-refractivity contribution < 1.29 is 9.59 Å². The number of amides is 2. The topological polar surface area (TPSA) is 75.4 Å². The second kappa shape index (κ2) is 10.1. The van der Waals surface area contributed by atoms with Crippen LogP contribution in [0.2, 0.25) is 0 Å². The van der Waals surface area contributed by atoms with Crippen LogP contribution in [0.5, 0.6) is 0 Å². The molecule has 2 aromatic carbocycles. The maximum absolute atomic E-state index is 12.7. The van der Waals surface area contributed by atoms with Crippen molar-refractivity contribution in [2.75, 3.05) is 13.1 Å². The summed E-state index contributed by atoms with van der Waals surface area (Å²) in [5.41, 5.74) is 7.57. The van der Waals surface area contributed by atoms with Gasteiger partial charge in [-0.3, -0.25) is 9.59 Å². The Labute approximate surface area is 166 Å². The van der Waals surface area contributed by atoms with E-state index in [4.69, 9.17) is 5.73 Å². The first-order valence-electron chi connectivity index (χ1n) is 9.07. The third kappa shape index (κ3) is 5.08. The molecule has 3 rings (SSSR count). The normalized spacial score (nSPS) is 19.3. The van der Waals surface area contributed by atoms with E-state index in [2.05, 4.69) is 5.32 Å². The first-order chi connectivity index (χ1) is 12.7. The van der Waals surface area contributed by atoms with Gasteiger partial charge in [-0.2, -0.15) is 0 Å². The fraction of sp³-hybridized carbons (Fsp3) is 0.333. The number of carbonyl (C=O) groups is 2. The van der Waals surface area contributed by atoms with Gasteiger partial charge in [-0.15, -0.1) is 12.4 Å². The lowest BCUT2D eigenvalue weighted by molar-refractivity contribution is -0.144. The Kier molecular flexibility index (Phi) is 7.82. The second-order valence-corrected chi connectivity index (χ2v) is 6.59. The molecule has 0 aliphatic carbocycles. The number of rotatable bonds is 6. The molecular weight excluding hydrogens is 362 g/mol. The summed E-state index contributed by atoms with van der Waals surface area (Å²) in [6, 6.07) is 19.5. The predicted octanol–water partition coefficient (Wildman–Crippen LogP) is 2.66. The van der Waals surface area contributed by atoms with Crippen LogP contribution >= 0.6 is 12.4 Å². The molecule has 2 amide bonds. The van der Waals surface area contributed by atoms with E-state index < -0.39 is 0 Å². The van der Waals surface area contributed by atoms with Gasteiger partial charge in [0.15, 0.2) is 0 Å². The number of hydrogen-bond acceptors (Lipinski definition) is 3. The average molecular weight is 388 g/mol. The van der Waals surface area contributed by atoms with E-state index in [1.54, 1.807) is 0 Å². The highest BCUT2D eigenvalue weighted by Crippen LogP contribution is 2.37. The maximum atomic E-state index is 12.7. The molecule has 2 atom stereocenters. The minimum absolute atomic E-state index is 0. The molecule has 1 fully saturated rings. The van der Waals surface area contributed by atoms with Crippen molar-refractivity contribution in [3.05, 3.63) is 71.8 Å². The molecule has 3 N–H and O–H groups in total. The lowest BCUT2D eigenvalue weighted by Crippen LogP contribution is -2.48. The van der Waals surface area contributed by atoms with Crippen LogP contribution in [0.15, 0.2) is 60.7 Å². The van der Waals surface area contributed by atoms with Gasteiger partial charge < -0.3 is 16.0 Å². The molecule has 0 aromatic heterocycles. The summed E-state index contributed by atoms with van der Waals surface area (Å²) < 4.78 is 0. The van der Waals surface area contributed by atoms with Crippen LogP contribution < -0.4 is 11.1 Å². The lowest BCUT2D eigenvalue weighted by atomic mass is 9.83. The highest BCUT2D eigenvalue weighted by Gasteiger charge is 2.40. The number of carbonyl (C=O) groups excluding carboxylic acids is 2. The Bertz CT molecular complexity index is 740. The molecule has 1 aliphatic rings. The van der Waals surface area contributed by atoms with Crippen LogP contribution in [-0.4, -0.2) is 29.8 Å². The van der Waals surface area contributed by atoms with E-state index in [9.17, 15) is 9.59 Å². The van der Waals surface area contributed by atoms with Gasteiger partial charge in [0, 0.05) is 26.1 Å². The van der Waals surface area contributed by atoms with Crippen molar-refractivity contribution in [2.24, 2.45) is 11.7 Å². The van der Waals surface area contributed by atoms with Gasteiger partial charge in [0.1, 0.15) is 0 Å². The van der Waals surface area contributed by atoms with E-state index >= 15 is 0 Å². The fourth-order valence-corrected chi connectivity index (χ4v) is 3.58. The zero-order valence-electron chi connectivity index (χ0n) is 15.2. The molecule has 2 unspecified atom stereocenters. The molecule has 0 bridgehead atoms. The van der Waals surface area contributed by atoms with E-state index in [1.807, 2.05) is 65.6 Å². The van der Waals surface area contributed by atoms with Crippen LogP contribution in [0, 0.1) is 5.92 Å². The molecule has 5 nitrogen and oxygen atoms in total. The number of nitrogens with zero attached hydrogens (tertiary/aromatic N) is 1. The quantitative estimate of drug-likeness (QED) is 0.800. The van der Waals surface area contributed by atoms with Crippen LogP contribution in [0.25, 0.3) is 0 Å². The van der Waals surface area contributed by atoms with Gasteiger partial charge in [-0.05, 0) is 17.5 Å². The molecule has 0 saturated carbocycles. The number of halogens is 1. The Morgan fingerprint density at radius 1 is 1.07 bits per heavy atom. The minimum atomic E-state index is -0.273. The molecule has 1 saturated heterocycles. The van der Waals surface area contributed by atoms with Crippen LogP contribution in [0.4, 0.5) is 0 Å². The third-order valence-corrected chi connectivity index (χ3v) is 4.82. The average Bonchev–Trinajstić information content (AvgIpc) is 2.69. The lowest BCUT2D eigenvalue weighted by Gasteiger charge is -2.41. The first-order valence-corrected chi connectivity index (χ1v) is 9.07. The summed E-state index contributed by atoms with van der Waals surface area (Å²) >= 11 is 0. The zero-order valence-corrected chi connectivity index (χ0v) is 16.0. The van der Waals surface area contributed by atoms with Crippen molar-refractivity contribution in [1.29, 1.82) is 0 Å². The molecule has 2 aromatic rings. The van der Waals surface area contributed by atoms with Gasteiger partial charge in [-0.1, -0.05) is 60.7 Å². The Balaban J connectivity index is 0.00000261. The largest absolute Gasteiger partial charge is 0.355 e. The van der Waals surface area contributed by atoms with Crippen molar-refractivity contribution in [3.8, 4) is 0 Å². The Hall–Kier alpha value is -2.37. The van der Waals surface area contributed by atoms with Crippen LogP contribution in [0.1, 0.15) is 30.0 Å². The van der Waals surface area contributed by atoms with Gasteiger partial charge in [0.05, 0.1) is 12.0 Å². The van der Waals surface area contributed by atoms with E-state index in [0.717, 1.165) is 11.1 Å². The SMILES string of the molecule is Cl.NCCNC(=O)C1CCC(=O)N(Cc2ccccc2)C1c1ccccc1. The number of nitrogens with two attached hydrogens (primary N) is 1. The van der Waals surface area contributed by atoms with Gasteiger partial charge in [0.2, 0.25) is 11.8 Å². The summed E-state index contributed by atoms with van der Waals surface area (Å²) in [6.45, 7) is 1.35. The maximum Gasteiger partial charge on any atom is 0.225 e. The number of benzene rings is 2. The summed E-state index contributed by atoms with van der Waals surface area (Å²) in [5.74, 6) is -0.217. The summed E-state index contributed by atoms with van der Waals surface area (Å²) in [7, 11) is 0. The van der Waals surface area contributed by atoms with E-state index in [-0.39, 0.29) is 36.2 Å². The highest BCUT2D eigenvalue weighted by atomic mass is 35.5. The molecule has 1 heterocycles. The highest BCUT2D eigenvalue weighted by molar-refractivity contribution is 5.85. The van der Waals surface area contributed by atoms with Crippen molar-refractivity contribution >= 4 is 24.2 Å². The zero-order chi connectivity index (χ0) is 18.4. The molecule has 1 aliphatic heterocycles. The standard InChI is InChI=1S/C21H25N3O2.ClH/c22-13-14-23-21(26)18-11-12-19(25)24(15-16-7-3-1-4-8-16)20(18)17-9-5-2-6-10-17;/h1-10,18,20H,11-15,22H2,(H,23,26);1H. The molecule has 144 valence electrons. The van der Waals surface area contributed by atoms with E-state index in [1.165, 1.54) is 0 Å². The number of hydrogen-bond donors (Lipinski definition) is 2. The summed E-state index contributed by atoms with van der Waals surface area (Å²) in [5, 5.41) is 2.90. The molecule has 0 radical (unpaired) electrons. The molecule has 0 spiro atoms. The van der Waals surface area contributed by atoms with Gasteiger partial charge in [0.25, 0.3) is 0 Å². The second-order valence-electron chi connectivity index (χ2n) is 6.59. The summed E-state index contributed by atoms with van der Waals surface area (Å²) in [4.78, 5) is 27.3. The third-order valence-electron chi connectivity index (χ3n) is 4.82. The molecular formula is C21H26ClN3O2. The molecule has 6 heteroatoms. The first kappa shape index (κ1) is 20.9. The number of likely N-dealkylation sites (tertiary alicyclic amines) is 1. The monoisotopic (exact) mass is 387 g/mol. The van der Waals surface area contributed by atoms with Gasteiger partial charge >= 0.3 is 0 Å². The van der Waals surface area contributed by atoms with Crippen molar-refractivity contribution in [2.45, 2.75) is 25.4 Å². The van der Waals surface area contributed by atoms with Gasteiger partial charge in [-0.25, -0.2) is 0 Å². The van der Waals surface area contributed by atoms with Crippen molar-refractivity contribution in [3.63, 3.8) is 0 Å². The van der Waals surface area contributed by atoms with Crippen molar-refractivity contribution in [1.82, 2.24) is 10.2 Å². The van der Waals surface area contributed by atoms with E-state index in [0.29, 0.717) is 32.5 Å². The Morgan fingerprint density at radius 3 is 2.33 bits per heavy atom. The molecule has 27 heavy (non-hydrogen) atoms.